The van der Waals surface area contributed by atoms with E-state index in [1.807, 2.05) is 6.07 Å². The topological polar surface area (TPSA) is 104 Å². The SMILES string of the molecule is COc1ccc2nc(NC(=O)COC(=O)COc3ccccc3C=O)sc2c1. The third kappa shape index (κ3) is 4.83. The first kappa shape index (κ1) is 19.3. The molecule has 0 saturated carbocycles. The molecule has 0 fully saturated rings. The number of esters is 1. The number of nitrogens with one attached hydrogen (secondary N) is 1. The van der Waals surface area contributed by atoms with Crippen molar-refractivity contribution in [3.05, 3.63) is 48.0 Å². The number of hydrogen-bond donors (Lipinski definition) is 1. The summed E-state index contributed by atoms with van der Waals surface area (Å²) in [6, 6.07) is 11.9. The van der Waals surface area contributed by atoms with E-state index < -0.39 is 25.1 Å². The molecule has 3 rings (SSSR count). The van der Waals surface area contributed by atoms with Gasteiger partial charge < -0.3 is 14.2 Å². The molecular weight excluding hydrogens is 384 g/mol. The summed E-state index contributed by atoms with van der Waals surface area (Å²) in [5, 5.41) is 2.97. The lowest BCUT2D eigenvalue weighted by atomic mass is 10.2. The van der Waals surface area contributed by atoms with Crippen LogP contribution in [-0.4, -0.2) is 43.5 Å². The van der Waals surface area contributed by atoms with Gasteiger partial charge in [0.2, 0.25) is 0 Å². The van der Waals surface area contributed by atoms with Gasteiger partial charge in [-0.3, -0.25) is 14.9 Å². The number of benzene rings is 2. The van der Waals surface area contributed by atoms with Crippen LogP contribution in [0.2, 0.25) is 0 Å². The first-order valence-corrected chi connectivity index (χ1v) is 8.98. The Hall–Kier alpha value is -3.46. The zero-order chi connectivity index (χ0) is 19.9. The van der Waals surface area contributed by atoms with E-state index in [-0.39, 0.29) is 5.75 Å². The molecule has 0 aliphatic rings. The number of nitrogens with zero attached hydrogens (tertiary/aromatic N) is 1. The summed E-state index contributed by atoms with van der Waals surface area (Å²) in [5.74, 6) is -0.291. The molecule has 3 aromatic rings. The van der Waals surface area contributed by atoms with Gasteiger partial charge in [-0.2, -0.15) is 0 Å². The summed E-state index contributed by atoms with van der Waals surface area (Å²) in [6.07, 6.45) is 0.627. The van der Waals surface area contributed by atoms with Crippen molar-refractivity contribution >= 4 is 44.8 Å². The van der Waals surface area contributed by atoms with E-state index in [4.69, 9.17) is 14.2 Å². The second-order valence-corrected chi connectivity index (χ2v) is 6.54. The van der Waals surface area contributed by atoms with Crippen molar-refractivity contribution in [2.75, 3.05) is 25.6 Å². The highest BCUT2D eigenvalue weighted by Gasteiger charge is 2.12. The van der Waals surface area contributed by atoms with Crippen molar-refractivity contribution in [2.45, 2.75) is 0 Å². The number of rotatable bonds is 8. The van der Waals surface area contributed by atoms with Crippen LogP contribution in [0.5, 0.6) is 11.5 Å². The molecule has 1 N–H and O–H groups in total. The zero-order valence-electron chi connectivity index (χ0n) is 14.8. The number of hydrogen-bond acceptors (Lipinski definition) is 8. The predicted octanol–water partition coefficient (Wildman–Crippen LogP) is 2.68. The van der Waals surface area contributed by atoms with Crippen LogP contribution in [0.3, 0.4) is 0 Å². The fraction of sp³-hybridized carbons (Fsp3) is 0.158. The molecule has 0 aliphatic carbocycles. The first-order chi connectivity index (χ1) is 13.6. The molecule has 0 bridgehead atoms. The van der Waals surface area contributed by atoms with E-state index in [0.29, 0.717) is 22.7 Å². The Bertz CT molecular complexity index is 1020. The molecule has 0 radical (unpaired) electrons. The Kier molecular flexibility index (Phi) is 6.18. The van der Waals surface area contributed by atoms with Gasteiger partial charge in [-0.1, -0.05) is 23.5 Å². The van der Waals surface area contributed by atoms with Crippen molar-refractivity contribution < 1.29 is 28.6 Å². The minimum Gasteiger partial charge on any atom is -0.497 e. The molecule has 9 heteroatoms. The van der Waals surface area contributed by atoms with Crippen LogP contribution in [0.15, 0.2) is 42.5 Å². The number of aldehydes is 1. The van der Waals surface area contributed by atoms with Gasteiger partial charge in [0.15, 0.2) is 24.6 Å². The number of methoxy groups -OCH3 is 1. The number of anilines is 1. The second kappa shape index (κ2) is 8.96. The summed E-state index contributed by atoms with van der Waals surface area (Å²) >= 11 is 1.28. The van der Waals surface area contributed by atoms with Gasteiger partial charge in [-0.25, -0.2) is 9.78 Å². The van der Waals surface area contributed by atoms with Crippen molar-refractivity contribution in [1.82, 2.24) is 4.98 Å². The third-order valence-corrected chi connectivity index (χ3v) is 4.53. The Morgan fingerprint density at radius 3 is 2.79 bits per heavy atom. The number of aromatic nitrogens is 1. The summed E-state index contributed by atoms with van der Waals surface area (Å²) in [5.41, 5.74) is 1.04. The molecule has 1 amide bonds. The lowest BCUT2D eigenvalue weighted by Gasteiger charge is -2.08. The maximum Gasteiger partial charge on any atom is 0.344 e. The van der Waals surface area contributed by atoms with E-state index in [9.17, 15) is 14.4 Å². The maximum absolute atomic E-state index is 12.0. The number of fused-ring (bicyclic) bond motifs is 1. The second-order valence-electron chi connectivity index (χ2n) is 5.51. The average Bonchev–Trinajstić information content (AvgIpc) is 3.11. The molecule has 8 nitrogen and oxygen atoms in total. The third-order valence-electron chi connectivity index (χ3n) is 3.60. The van der Waals surface area contributed by atoms with E-state index in [1.54, 1.807) is 43.5 Å². The van der Waals surface area contributed by atoms with Crippen molar-refractivity contribution in [2.24, 2.45) is 0 Å². The Balaban J connectivity index is 1.48. The van der Waals surface area contributed by atoms with Crippen molar-refractivity contribution in [3.63, 3.8) is 0 Å². The Labute approximate surface area is 164 Å². The van der Waals surface area contributed by atoms with Gasteiger partial charge in [-0.05, 0) is 30.3 Å². The van der Waals surface area contributed by atoms with E-state index in [2.05, 4.69) is 10.3 Å². The monoisotopic (exact) mass is 400 g/mol. The molecule has 1 aromatic heterocycles. The lowest BCUT2D eigenvalue weighted by molar-refractivity contribution is -0.149. The van der Waals surface area contributed by atoms with E-state index in [0.717, 1.165) is 10.2 Å². The summed E-state index contributed by atoms with van der Waals surface area (Å²) in [6.45, 7) is -0.893. The molecule has 1 heterocycles. The number of ether oxygens (including phenoxy) is 3. The van der Waals surface area contributed by atoms with Gasteiger partial charge in [-0.15, -0.1) is 0 Å². The van der Waals surface area contributed by atoms with Gasteiger partial charge in [0.05, 0.1) is 22.9 Å². The fourth-order valence-corrected chi connectivity index (χ4v) is 3.18. The van der Waals surface area contributed by atoms with Crippen LogP contribution in [0.4, 0.5) is 5.13 Å². The summed E-state index contributed by atoms with van der Waals surface area (Å²) < 4.78 is 16.1. The fourth-order valence-electron chi connectivity index (χ4n) is 2.27. The van der Waals surface area contributed by atoms with Gasteiger partial charge >= 0.3 is 5.97 Å². The Morgan fingerprint density at radius 1 is 1.18 bits per heavy atom. The number of para-hydroxylation sites is 1. The lowest BCUT2D eigenvalue weighted by Crippen LogP contribution is -2.23. The number of carbonyl (C=O) groups is 3. The van der Waals surface area contributed by atoms with E-state index >= 15 is 0 Å². The molecule has 0 spiro atoms. The molecule has 144 valence electrons. The standard InChI is InChI=1S/C19H16N2O6S/c1-25-13-6-7-14-16(8-13)28-19(20-14)21-17(23)10-27-18(24)11-26-15-5-3-2-4-12(15)9-22/h2-9H,10-11H2,1H3,(H,20,21,23). The van der Waals surface area contributed by atoms with Crippen LogP contribution >= 0.6 is 11.3 Å². The van der Waals surface area contributed by atoms with Crippen LogP contribution in [0, 0.1) is 0 Å². The molecule has 28 heavy (non-hydrogen) atoms. The van der Waals surface area contributed by atoms with Crippen molar-refractivity contribution in [3.8, 4) is 11.5 Å². The van der Waals surface area contributed by atoms with Crippen LogP contribution in [-0.2, 0) is 14.3 Å². The van der Waals surface area contributed by atoms with E-state index in [1.165, 1.54) is 11.3 Å². The van der Waals surface area contributed by atoms with Crippen LogP contribution in [0.1, 0.15) is 10.4 Å². The zero-order valence-corrected chi connectivity index (χ0v) is 15.7. The highest BCUT2D eigenvalue weighted by Crippen LogP contribution is 2.29. The quantitative estimate of drug-likeness (QED) is 0.458. The minimum absolute atomic E-state index is 0.267. The van der Waals surface area contributed by atoms with Crippen molar-refractivity contribution in [1.29, 1.82) is 0 Å². The number of carbonyl (C=O) groups excluding carboxylic acids is 3. The summed E-state index contributed by atoms with van der Waals surface area (Å²) in [4.78, 5) is 38.9. The summed E-state index contributed by atoms with van der Waals surface area (Å²) in [7, 11) is 1.57. The Morgan fingerprint density at radius 2 is 2.00 bits per heavy atom. The highest BCUT2D eigenvalue weighted by atomic mass is 32.1. The largest absolute Gasteiger partial charge is 0.497 e. The number of amides is 1. The molecule has 0 saturated heterocycles. The molecule has 0 unspecified atom stereocenters. The maximum atomic E-state index is 12.0. The molecule has 2 aromatic carbocycles. The van der Waals surface area contributed by atoms with Gasteiger partial charge in [0.1, 0.15) is 11.5 Å². The van der Waals surface area contributed by atoms with Crippen LogP contribution < -0.4 is 14.8 Å². The molecular formula is C19H16N2O6S. The molecule has 0 atom stereocenters. The highest BCUT2D eigenvalue weighted by molar-refractivity contribution is 7.22. The van der Waals surface area contributed by atoms with Crippen LogP contribution in [0.25, 0.3) is 10.2 Å². The molecule has 0 aliphatic heterocycles. The minimum atomic E-state index is -0.732. The first-order valence-electron chi connectivity index (χ1n) is 8.16. The average molecular weight is 400 g/mol. The smallest absolute Gasteiger partial charge is 0.344 e. The number of thiazole rings is 1. The normalized spacial score (nSPS) is 10.3. The van der Waals surface area contributed by atoms with Gasteiger partial charge in [0, 0.05) is 0 Å². The predicted molar refractivity (Wildman–Crippen MR) is 103 cm³/mol. The van der Waals surface area contributed by atoms with Gasteiger partial charge in [0.25, 0.3) is 5.91 Å².